The van der Waals surface area contributed by atoms with Crippen LogP contribution >= 0.6 is 11.6 Å². The van der Waals surface area contributed by atoms with Gasteiger partial charge in [-0.3, -0.25) is 4.79 Å². The molecule has 1 N–H and O–H groups in total. The summed E-state index contributed by atoms with van der Waals surface area (Å²) in [5, 5.41) is 2.26. The third kappa shape index (κ3) is 2.87. The maximum atomic E-state index is 13.2. The van der Waals surface area contributed by atoms with Gasteiger partial charge in [0.2, 0.25) is 5.91 Å². The van der Waals surface area contributed by atoms with Gasteiger partial charge >= 0.3 is 0 Å². The number of carbonyl (C=O) groups excluding carboxylic acids is 1. The molecule has 0 fully saturated rings. The lowest BCUT2D eigenvalue weighted by Crippen LogP contribution is -2.20. The topological polar surface area (TPSA) is 46.9 Å². The van der Waals surface area contributed by atoms with E-state index in [1.54, 1.807) is 20.0 Å². The zero-order valence-corrected chi connectivity index (χ0v) is 11.5. The van der Waals surface area contributed by atoms with E-state index < -0.39 is 0 Å². The summed E-state index contributed by atoms with van der Waals surface area (Å²) >= 11 is 6.09. The molecule has 2 rings (SSSR count). The highest BCUT2D eigenvalue weighted by atomic mass is 35.5. The molecular weight excluding hydrogens is 269 g/mol. The number of aryl methyl sites for hydroxylation is 1. The Labute approximate surface area is 115 Å². The van der Waals surface area contributed by atoms with Crippen molar-refractivity contribution in [2.45, 2.75) is 25.3 Å². The van der Waals surface area contributed by atoms with Crippen LogP contribution in [0.2, 0.25) is 0 Å². The van der Waals surface area contributed by atoms with Gasteiger partial charge in [-0.05, 0) is 19.1 Å². The van der Waals surface area contributed by atoms with Gasteiger partial charge < -0.3 is 9.88 Å². The number of nitrogens with one attached hydrogen (secondary N) is 1. The molecule has 0 aliphatic rings. The summed E-state index contributed by atoms with van der Waals surface area (Å²) in [5.74, 6) is 0.250. The van der Waals surface area contributed by atoms with Crippen LogP contribution in [0.5, 0.6) is 0 Å². The fraction of sp³-hybridized carbons (Fsp3) is 0.385. The summed E-state index contributed by atoms with van der Waals surface area (Å²) in [7, 11) is 1.59. The normalized spacial score (nSPS) is 12.6. The lowest BCUT2D eigenvalue weighted by Gasteiger charge is -2.09. The first-order chi connectivity index (χ1) is 9.02. The molecule has 1 unspecified atom stereocenters. The highest BCUT2D eigenvalue weighted by molar-refractivity contribution is 6.20. The Morgan fingerprint density at radius 2 is 2.32 bits per heavy atom. The van der Waals surface area contributed by atoms with Gasteiger partial charge in [-0.25, -0.2) is 9.37 Å². The Balaban J connectivity index is 2.43. The highest BCUT2D eigenvalue weighted by Gasteiger charge is 2.15. The lowest BCUT2D eigenvalue weighted by molar-refractivity contribution is -0.120. The summed E-state index contributed by atoms with van der Waals surface area (Å²) in [6.45, 7) is 2.27. The minimum Gasteiger partial charge on any atom is -0.359 e. The van der Waals surface area contributed by atoms with Crippen molar-refractivity contribution in [2.24, 2.45) is 0 Å². The van der Waals surface area contributed by atoms with E-state index in [1.807, 2.05) is 4.57 Å². The van der Waals surface area contributed by atoms with Crippen LogP contribution in [-0.2, 0) is 11.3 Å². The van der Waals surface area contributed by atoms with E-state index in [1.165, 1.54) is 12.1 Å². The van der Waals surface area contributed by atoms with Crippen molar-refractivity contribution in [3.05, 3.63) is 29.8 Å². The highest BCUT2D eigenvalue weighted by Crippen LogP contribution is 2.25. The number of benzene rings is 1. The second-order valence-corrected chi connectivity index (χ2v) is 4.95. The molecule has 0 saturated heterocycles. The second-order valence-electron chi connectivity index (χ2n) is 4.29. The number of nitrogens with zero attached hydrogens (tertiary/aromatic N) is 2. The van der Waals surface area contributed by atoms with Gasteiger partial charge in [0.1, 0.15) is 11.6 Å². The monoisotopic (exact) mass is 283 g/mol. The Bertz CT molecular complexity index is 609. The minimum atomic E-state index is -0.336. The van der Waals surface area contributed by atoms with Crippen LogP contribution < -0.4 is 5.32 Å². The molecule has 0 aliphatic carbocycles. The van der Waals surface area contributed by atoms with Gasteiger partial charge in [0.05, 0.1) is 16.4 Å². The van der Waals surface area contributed by atoms with Crippen LogP contribution in [0.25, 0.3) is 11.0 Å². The van der Waals surface area contributed by atoms with Gasteiger partial charge in [-0.1, -0.05) is 0 Å². The Morgan fingerprint density at radius 3 is 2.95 bits per heavy atom. The van der Waals surface area contributed by atoms with Crippen molar-refractivity contribution in [2.75, 3.05) is 7.05 Å². The molecule has 1 aromatic carbocycles. The zero-order chi connectivity index (χ0) is 14.0. The van der Waals surface area contributed by atoms with Crippen LogP contribution in [0.1, 0.15) is 24.5 Å². The van der Waals surface area contributed by atoms with Crippen molar-refractivity contribution in [3.63, 3.8) is 0 Å². The minimum absolute atomic E-state index is 0.0582. The predicted molar refractivity (Wildman–Crippen MR) is 72.6 cm³/mol. The van der Waals surface area contributed by atoms with Crippen LogP contribution in [0.3, 0.4) is 0 Å². The second kappa shape index (κ2) is 5.57. The van der Waals surface area contributed by atoms with Gasteiger partial charge in [-0.2, -0.15) is 0 Å². The summed E-state index contributed by atoms with van der Waals surface area (Å²) in [6.07, 6.45) is 0.329. The SMILES string of the molecule is CNC(=O)CCn1c(C(C)Cl)nc2cc(F)ccc21. The molecule has 0 saturated carbocycles. The Hall–Kier alpha value is -1.62. The number of imidazole rings is 1. The third-order valence-corrected chi connectivity index (χ3v) is 3.13. The van der Waals surface area contributed by atoms with Crippen molar-refractivity contribution >= 4 is 28.5 Å². The van der Waals surface area contributed by atoms with Crippen molar-refractivity contribution in [1.29, 1.82) is 0 Å². The maximum Gasteiger partial charge on any atom is 0.221 e. The molecule has 0 bridgehead atoms. The summed E-state index contributed by atoms with van der Waals surface area (Å²) < 4.78 is 15.1. The molecule has 1 atom stereocenters. The average molecular weight is 284 g/mol. The van der Waals surface area contributed by atoms with Gasteiger partial charge in [-0.15, -0.1) is 11.6 Å². The molecule has 1 amide bonds. The Morgan fingerprint density at radius 1 is 1.58 bits per heavy atom. The molecule has 2 aromatic rings. The molecule has 0 spiro atoms. The average Bonchev–Trinajstić information content (AvgIpc) is 2.73. The van der Waals surface area contributed by atoms with Gasteiger partial charge in [0.15, 0.2) is 0 Å². The number of fused-ring (bicyclic) bond motifs is 1. The fourth-order valence-corrected chi connectivity index (χ4v) is 2.17. The van der Waals surface area contributed by atoms with E-state index in [4.69, 9.17) is 11.6 Å². The number of halogens is 2. The number of aromatic nitrogens is 2. The van der Waals surface area contributed by atoms with Crippen LogP contribution in [-0.4, -0.2) is 22.5 Å². The largest absolute Gasteiger partial charge is 0.359 e. The molecular formula is C13H15ClFN3O. The standard InChI is InChI=1S/C13H15ClFN3O/c1-8(14)13-17-10-7-9(15)3-4-11(10)18(13)6-5-12(19)16-2/h3-4,7-8H,5-6H2,1-2H3,(H,16,19). The van der Waals surface area contributed by atoms with Crippen LogP contribution in [0, 0.1) is 5.82 Å². The third-order valence-electron chi connectivity index (χ3n) is 2.94. The molecule has 102 valence electrons. The van der Waals surface area contributed by atoms with Crippen molar-refractivity contribution < 1.29 is 9.18 Å². The van der Waals surface area contributed by atoms with E-state index >= 15 is 0 Å². The fourth-order valence-electron chi connectivity index (χ4n) is 2.00. The zero-order valence-electron chi connectivity index (χ0n) is 10.8. The smallest absolute Gasteiger partial charge is 0.221 e. The van der Waals surface area contributed by atoms with Crippen LogP contribution in [0.15, 0.2) is 18.2 Å². The van der Waals surface area contributed by atoms with E-state index in [2.05, 4.69) is 10.3 Å². The first-order valence-electron chi connectivity index (χ1n) is 6.03. The first-order valence-corrected chi connectivity index (χ1v) is 6.47. The molecule has 19 heavy (non-hydrogen) atoms. The van der Waals surface area contributed by atoms with Crippen LogP contribution in [0.4, 0.5) is 4.39 Å². The lowest BCUT2D eigenvalue weighted by atomic mass is 10.3. The molecule has 0 aliphatic heterocycles. The van der Waals surface area contributed by atoms with Gasteiger partial charge in [0, 0.05) is 26.1 Å². The Kier molecular flexibility index (Phi) is 4.04. The molecule has 1 aromatic heterocycles. The van der Waals surface area contributed by atoms with E-state index in [-0.39, 0.29) is 17.1 Å². The molecule has 6 heteroatoms. The number of rotatable bonds is 4. The van der Waals surface area contributed by atoms with E-state index in [9.17, 15) is 9.18 Å². The van der Waals surface area contributed by atoms with E-state index in [0.717, 1.165) is 5.52 Å². The van der Waals surface area contributed by atoms with E-state index in [0.29, 0.717) is 24.3 Å². The molecule has 4 nitrogen and oxygen atoms in total. The number of carbonyl (C=O) groups is 1. The number of amides is 1. The summed E-state index contributed by atoms with van der Waals surface area (Å²) in [6, 6.07) is 4.40. The number of hydrogen-bond acceptors (Lipinski definition) is 2. The van der Waals surface area contributed by atoms with Crippen molar-refractivity contribution in [3.8, 4) is 0 Å². The molecule has 0 radical (unpaired) electrons. The number of alkyl halides is 1. The summed E-state index contributed by atoms with van der Waals surface area (Å²) in [4.78, 5) is 15.7. The quantitative estimate of drug-likeness (QED) is 0.877. The van der Waals surface area contributed by atoms with Crippen molar-refractivity contribution in [1.82, 2.24) is 14.9 Å². The number of hydrogen-bond donors (Lipinski definition) is 1. The maximum absolute atomic E-state index is 13.2. The van der Waals surface area contributed by atoms with Gasteiger partial charge in [0.25, 0.3) is 0 Å². The molecule has 1 heterocycles. The predicted octanol–water partition coefficient (Wildman–Crippen LogP) is 2.61. The summed E-state index contributed by atoms with van der Waals surface area (Å²) in [5.41, 5.74) is 1.34. The first kappa shape index (κ1) is 13.8.